The molecule has 2 aromatic carbocycles. The van der Waals surface area contributed by atoms with Gasteiger partial charge in [-0.25, -0.2) is 9.79 Å². The van der Waals surface area contributed by atoms with Crippen LogP contribution in [0.1, 0.15) is 50.4 Å². The van der Waals surface area contributed by atoms with Crippen molar-refractivity contribution in [3.05, 3.63) is 84.0 Å². The van der Waals surface area contributed by atoms with E-state index in [0.717, 1.165) is 16.9 Å². The monoisotopic (exact) mass is 536 g/mol. The van der Waals surface area contributed by atoms with Gasteiger partial charge in [-0.2, -0.15) is 0 Å². The number of aryl methyl sites for hydroxylation is 1. The molecule has 0 amide bonds. The number of rotatable bonds is 8. The largest absolute Gasteiger partial charge is 0.496 e. The van der Waals surface area contributed by atoms with Crippen molar-refractivity contribution in [2.24, 2.45) is 4.99 Å². The second kappa shape index (κ2) is 11.3. The van der Waals surface area contributed by atoms with Gasteiger partial charge >= 0.3 is 5.97 Å². The second-order valence-electron chi connectivity index (χ2n) is 9.11. The van der Waals surface area contributed by atoms with E-state index >= 15 is 0 Å². The van der Waals surface area contributed by atoms with Crippen molar-refractivity contribution in [3.63, 3.8) is 0 Å². The average molecular weight is 537 g/mol. The number of hydrogen-bond acceptors (Lipinski definition) is 8. The third-order valence-electron chi connectivity index (χ3n) is 6.11. The van der Waals surface area contributed by atoms with Crippen LogP contribution in [0.5, 0.6) is 17.2 Å². The molecule has 0 spiro atoms. The van der Waals surface area contributed by atoms with E-state index in [1.54, 1.807) is 44.8 Å². The third-order valence-corrected chi connectivity index (χ3v) is 7.10. The van der Waals surface area contributed by atoms with Gasteiger partial charge < -0.3 is 18.9 Å². The number of nitrogens with zero attached hydrogens (tertiary/aromatic N) is 2. The smallest absolute Gasteiger partial charge is 0.338 e. The molecule has 8 nitrogen and oxygen atoms in total. The number of esters is 1. The molecule has 0 unspecified atom stereocenters. The molecular weight excluding hydrogens is 504 g/mol. The third kappa shape index (κ3) is 5.24. The summed E-state index contributed by atoms with van der Waals surface area (Å²) in [6, 6.07) is 10.4. The molecule has 1 aliphatic rings. The highest BCUT2D eigenvalue weighted by molar-refractivity contribution is 7.07. The number of fused-ring (bicyclic) bond motifs is 1. The first-order valence-corrected chi connectivity index (χ1v) is 13.2. The molecule has 9 heteroatoms. The van der Waals surface area contributed by atoms with Crippen molar-refractivity contribution in [2.45, 2.75) is 46.8 Å². The van der Waals surface area contributed by atoms with E-state index in [9.17, 15) is 9.59 Å². The van der Waals surface area contributed by atoms with Gasteiger partial charge in [0.1, 0.15) is 5.75 Å². The highest BCUT2D eigenvalue weighted by atomic mass is 32.1. The van der Waals surface area contributed by atoms with Crippen LogP contribution in [0, 0.1) is 6.92 Å². The number of benzene rings is 2. The Bertz CT molecular complexity index is 1580. The van der Waals surface area contributed by atoms with Crippen LogP contribution in [0.15, 0.2) is 57.5 Å². The number of allylic oxidation sites excluding steroid dienone is 1. The first-order valence-electron chi connectivity index (χ1n) is 12.4. The van der Waals surface area contributed by atoms with Crippen molar-refractivity contribution in [2.75, 3.05) is 20.8 Å². The number of methoxy groups -OCH3 is 2. The van der Waals surface area contributed by atoms with Crippen molar-refractivity contribution in [1.82, 2.24) is 4.57 Å². The maximum atomic E-state index is 13.8. The lowest BCUT2D eigenvalue weighted by Gasteiger charge is -2.25. The topological polar surface area (TPSA) is 88.4 Å². The maximum absolute atomic E-state index is 13.8. The fraction of sp³-hybridized carbons (Fsp3) is 0.345. The Hall–Kier alpha value is -3.85. The quantitative estimate of drug-likeness (QED) is 0.406. The Kier molecular flexibility index (Phi) is 8.06. The van der Waals surface area contributed by atoms with Crippen LogP contribution in [0.4, 0.5) is 0 Å². The molecule has 2 heterocycles. The van der Waals surface area contributed by atoms with E-state index in [1.807, 2.05) is 51.1 Å². The lowest BCUT2D eigenvalue weighted by atomic mass is 9.95. The van der Waals surface area contributed by atoms with Gasteiger partial charge in [0.05, 0.1) is 48.8 Å². The number of aromatic nitrogens is 1. The second-order valence-corrected chi connectivity index (χ2v) is 10.1. The number of hydrogen-bond donors (Lipinski definition) is 0. The van der Waals surface area contributed by atoms with Gasteiger partial charge in [0.25, 0.3) is 5.56 Å². The minimum absolute atomic E-state index is 0.0509. The lowest BCUT2D eigenvalue weighted by Crippen LogP contribution is -2.40. The molecule has 4 rings (SSSR count). The Morgan fingerprint density at radius 1 is 1.08 bits per heavy atom. The van der Waals surface area contributed by atoms with E-state index in [-0.39, 0.29) is 18.3 Å². The van der Waals surface area contributed by atoms with Gasteiger partial charge in [-0.05, 0) is 75.6 Å². The van der Waals surface area contributed by atoms with Crippen LogP contribution in [-0.2, 0) is 9.53 Å². The van der Waals surface area contributed by atoms with Crippen molar-refractivity contribution >= 4 is 23.4 Å². The summed E-state index contributed by atoms with van der Waals surface area (Å²) in [5.74, 6) is 1.30. The normalized spacial score (nSPS) is 15.3. The highest BCUT2D eigenvalue weighted by Gasteiger charge is 2.34. The van der Waals surface area contributed by atoms with E-state index < -0.39 is 12.0 Å². The van der Waals surface area contributed by atoms with E-state index in [1.165, 1.54) is 11.3 Å². The summed E-state index contributed by atoms with van der Waals surface area (Å²) in [6.07, 6.45) is 1.76. The fourth-order valence-corrected chi connectivity index (χ4v) is 5.44. The lowest BCUT2D eigenvalue weighted by molar-refractivity contribution is -0.139. The minimum Gasteiger partial charge on any atom is -0.496 e. The molecule has 3 aromatic rings. The van der Waals surface area contributed by atoms with E-state index in [0.29, 0.717) is 37.7 Å². The van der Waals surface area contributed by atoms with Gasteiger partial charge in [-0.15, -0.1) is 0 Å². The fourth-order valence-electron chi connectivity index (χ4n) is 4.39. The van der Waals surface area contributed by atoms with Crippen molar-refractivity contribution in [1.29, 1.82) is 0 Å². The Balaban J connectivity index is 1.94. The average Bonchev–Trinajstić information content (AvgIpc) is 3.18. The molecule has 1 atom stereocenters. The van der Waals surface area contributed by atoms with Gasteiger partial charge in [0.2, 0.25) is 0 Å². The molecule has 1 aromatic heterocycles. The standard InChI is InChI=1S/C29H32N2O6S/c1-8-36-28(33)25-18(5)30-29-31(26(25)20-11-12-21(37-16(2)3)23(15-20)35-7)27(32)24(38-29)14-19-10-9-17(4)22(13-19)34-6/h9-16,26H,8H2,1-7H3/b24-14+/t26-/m1/s1. The molecule has 200 valence electrons. The zero-order valence-electron chi connectivity index (χ0n) is 22.7. The van der Waals surface area contributed by atoms with E-state index in [4.69, 9.17) is 18.9 Å². The molecule has 0 saturated carbocycles. The Morgan fingerprint density at radius 2 is 1.82 bits per heavy atom. The summed E-state index contributed by atoms with van der Waals surface area (Å²) in [6.45, 7) is 9.53. The van der Waals surface area contributed by atoms with Gasteiger partial charge in [0, 0.05) is 0 Å². The maximum Gasteiger partial charge on any atom is 0.338 e. The molecule has 38 heavy (non-hydrogen) atoms. The van der Waals surface area contributed by atoms with Crippen LogP contribution in [-0.4, -0.2) is 37.5 Å². The molecule has 1 aliphatic heterocycles. The molecule has 0 radical (unpaired) electrons. The van der Waals surface area contributed by atoms with Crippen LogP contribution >= 0.6 is 11.3 Å². The van der Waals surface area contributed by atoms with Crippen molar-refractivity contribution < 1.29 is 23.7 Å². The van der Waals surface area contributed by atoms with Gasteiger partial charge in [-0.1, -0.05) is 29.5 Å². The van der Waals surface area contributed by atoms with Crippen molar-refractivity contribution in [3.8, 4) is 17.2 Å². The summed E-state index contributed by atoms with van der Waals surface area (Å²) in [5.41, 5.74) is 3.06. The minimum atomic E-state index is -0.748. The molecule has 0 fully saturated rings. The van der Waals surface area contributed by atoms with Crippen LogP contribution in [0.25, 0.3) is 6.08 Å². The molecule has 0 saturated heterocycles. The number of ether oxygens (including phenoxy) is 4. The van der Waals surface area contributed by atoms with Crippen LogP contribution in [0.2, 0.25) is 0 Å². The summed E-state index contributed by atoms with van der Waals surface area (Å²) >= 11 is 1.27. The van der Waals surface area contributed by atoms with E-state index in [2.05, 4.69) is 4.99 Å². The first kappa shape index (κ1) is 27.2. The predicted octanol–water partition coefficient (Wildman–Crippen LogP) is 3.91. The summed E-state index contributed by atoms with van der Waals surface area (Å²) in [7, 11) is 3.17. The SMILES string of the molecule is CCOC(=O)C1=C(C)N=c2s/c(=C/c3ccc(C)c(OC)c3)c(=O)n2[C@@H]1c1ccc(OC(C)C)c(OC)c1. The molecule has 0 bridgehead atoms. The first-order chi connectivity index (χ1) is 18.2. The number of thiazole rings is 1. The summed E-state index contributed by atoms with van der Waals surface area (Å²) in [4.78, 5) is 32.1. The Morgan fingerprint density at radius 3 is 2.47 bits per heavy atom. The predicted molar refractivity (Wildman–Crippen MR) is 147 cm³/mol. The number of carbonyl (C=O) groups excluding carboxylic acids is 1. The summed E-state index contributed by atoms with van der Waals surface area (Å²) < 4.78 is 24.3. The number of carbonyl (C=O) groups is 1. The molecule has 0 aliphatic carbocycles. The Labute approximate surface area is 225 Å². The van der Waals surface area contributed by atoms with Crippen LogP contribution < -0.4 is 29.1 Å². The van der Waals surface area contributed by atoms with Gasteiger partial charge in [-0.3, -0.25) is 9.36 Å². The van der Waals surface area contributed by atoms with Crippen LogP contribution in [0.3, 0.4) is 0 Å². The highest BCUT2D eigenvalue weighted by Crippen LogP contribution is 2.36. The van der Waals surface area contributed by atoms with Gasteiger partial charge in [0.15, 0.2) is 16.3 Å². The molecular formula is C29H32N2O6S. The molecule has 0 N–H and O–H groups in total. The summed E-state index contributed by atoms with van der Waals surface area (Å²) in [5, 5.41) is 0. The zero-order valence-corrected chi connectivity index (χ0v) is 23.5. The zero-order chi connectivity index (χ0) is 27.6.